The summed E-state index contributed by atoms with van der Waals surface area (Å²) in [7, 11) is 0.351. The molecule has 16 heavy (non-hydrogen) atoms. The minimum absolute atomic E-state index is 0.122. The third-order valence-electron chi connectivity index (χ3n) is 1.82. The fraction of sp³-hybridized carbons (Fsp3) is 0.889. The number of carboxylic acids is 1. The summed E-state index contributed by atoms with van der Waals surface area (Å²) in [5.74, 6) is -1.12. The number of nitrogens with zero attached hydrogens (tertiary/aromatic N) is 1. The summed E-state index contributed by atoms with van der Waals surface area (Å²) in [5, 5.41) is 8.39. The van der Waals surface area contributed by atoms with E-state index in [1.54, 1.807) is 6.92 Å². The zero-order valence-electron chi connectivity index (χ0n) is 9.93. The van der Waals surface area contributed by atoms with Gasteiger partial charge >= 0.3 is 5.97 Å². The van der Waals surface area contributed by atoms with Gasteiger partial charge < -0.3 is 10.0 Å². The van der Waals surface area contributed by atoms with E-state index in [0.717, 1.165) is 0 Å². The number of aliphatic carboxylic acids is 1. The third kappa shape index (κ3) is 8.63. The summed E-state index contributed by atoms with van der Waals surface area (Å²) in [6.07, 6.45) is 0.0162. The summed E-state index contributed by atoms with van der Waals surface area (Å²) in [6, 6.07) is -0.176. The smallest absolute Gasteiger partial charge is 0.303 e. The molecule has 6 nitrogen and oxygen atoms in total. The molecule has 0 aromatic rings. The van der Waals surface area contributed by atoms with Crippen LogP contribution in [0.4, 0.5) is 0 Å². The van der Waals surface area contributed by atoms with Crippen molar-refractivity contribution >= 4 is 16.0 Å². The second-order valence-corrected chi connectivity index (χ2v) is 5.97. The number of likely N-dealkylation sites (N-methyl/N-ethyl adjacent to an activating group) is 1. The highest BCUT2D eigenvalue weighted by atomic mass is 32.2. The number of carbonyl (C=O) groups is 1. The van der Waals surface area contributed by atoms with Crippen molar-refractivity contribution in [1.29, 1.82) is 0 Å². The van der Waals surface area contributed by atoms with Crippen molar-refractivity contribution in [2.24, 2.45) is 0 Å². The van der Waals surface area contributed by atoms with Crippen LogP contribution in [-0.2, 0) is 14.8 Å². The van der Waals surface area contributed by atoms with E-state index in [4.69, 9.17) is 5.11 Å². The molecule has 0 aromatic heterocycles. The van der Waals surface area contributed by atoms with Crippen molar-refractivity contribution in [2.45, 2.75) is 25.8 Å². The normalized spacial score (nSPS) is 14.0. The Morgan fingerprint density at radius 2 is 2.00 bits per heavy atom. The zero-order valence-corrected chi connectivity index (χ0v) is 10.7. The maximum Gasteiger partial charge on any atom is 0.303 e. The molecule has 0 aliphatic carbocycles. The molecule has 7 heteroatoms. The molecule has 0 amide bonds. The number of rotatable bonds is 8. The number of sulfonamides is 1. The Morgan fingerprint density at radius 3 is 2.44 bits per heavy atom. The van der Waals surface area contributed by atoms with E-state index in [-0.39, 0.29) is 24.6 Å². The zero-order chi connectivity index (χ0) is 12.8. The van der Waals surface area contributed by atoms with E-state index in [9.17, 15) is 13.2 Å². The van der Waals surface area contributed by atoms with Crippen LogP contribution in [0.15, 0.2) is 0 Å². The van der Waals surface area contributed by atoms with Crippen LogP contribution in [0.1, 0.15) is 19.8 Å². The molecule has 1 unspecified atom stereocenters. The Kier molecular flexibility index (Phi) is 6.54. The molecule has 0 aliphatic rings. The predicted molar refractivity (Wildman–Crippen MR) is 61.8 cm³/mol. The van der Waals surface area contributed by atoms with Crippen LogP contribution in [0.2, 0.25) is 0 Å². The molecule has 2 N–H and O–H groups in total. The molecule has 0 aromatic carbocycles. The van der Waals surface area contributed by atoms with Gasteiger partial charge in [0.15, 0.2) is 0 Å². The summed E-state index contributed by atoms with van der Waals surface area (Å²) in [5.41, 5.74) is 0. The van der Waals surface area contributed by atoms with E-state index in [0.29, 0.717) is 6.54 Å². The van der Waals surface area contributed by atoms with Gasteiger partial charge in [-0.15, -0.1) is 0 Å². The average Bonchev–Trinajstić information content (AvgIpc) is 1.98. The van der Waals surface area contributed by atoms with Crippen molar-refractivity contribution in [2.75, 3.05) is 26.4 Å². The largest absolute Gasteiger partial charge is 0.481 e. The SMILES string of the molecule is CC(CN(C)C)NS(=O)(=O)CCCC(=O)O. The van der Waals surface area contributed by atoms with Gasteiger partial charge in [0, 0.05) is 19.0 Å². The second-order valence-electron chi connectivity index (χ2n) is 4.10. The molecule has 0 fully saturated rings. The number of hydrogen-bond donors (Lipinski definition) is 2. The maximum atomic E-state index is 11.5. The van der Waals surface area contributed by atoms with Gasteiger partial charge in [-0.2, -0.15) is 0 Å². The van der Waals surface area contributed by atoms with Crippen LogP contribution in [-0.4, -0.2) is 56.8 Å². The average molecular weight is 252 g/mol. The molecular weight excluding hydrogens is 232 g/mol. The molecule has 0 saturated carbocycles. The lowest BCUT2D eigenvalue weighted by molar-refractivity contribution is -0.137. The lowest BCUT2D eigenvalue weighted by Crippen LogP contribution is -2.40. The van der Waals surface area contributed by atoms with Crippen LogP contribution in [0.3, 0.4) is 0 Å². The Balaban J connectivity index is 3.99. The minimum atomic E-state index is -3.36. The van der Waals surface area contributed by atoms with Gasteiger partial charge in [0.1, 0.15) is 0 Å². The second kappa shape index (κ2) is 6.82. The van der Waals surface area contributed by atoms with Crippen LogP contribution in [0.25, 0.3) is 0 Å². The molecule has 0 bridgehead atoms. The highest BCUT2D eigenvalue weighted by Gasteiger charge is 2.15. The Hall–Kier alpha value is -0.660. The van der Waals surface area contributed by atoms with Gasteiger partial charge in [0.2, 0.25) is 10.0 Å². The van der Waals surface area contributed by atoms with E-state index in [2.05, 4.69) is 4.72 Å². The lowest BCUT2D eigenvalue weighted by Gasteiger charge is -2.18. The maximum absolute atomic E-state index is 11.5. The Morgan fingerprint density at radius 1 is 1.44 bits per heavy atom. The van der Waals surface area contributed by atoms with Crippen molar-refractivity contribution in [3.05, 3.63) is 0 Å². The quantitative estimate of drug-likeness (QED) is 0.620. The van der Waals surface area contributed by atoms with E-state index in [1.807, 2.05) is 19.0 Å². The topological polar surface area (TPSA) is 86.7 Å². The van der Waals surface area contributed by atoms with E-state index < -0.39 is 16.0 Å². The van der Waals surface area contributed by atoms with Crippen LogP contribution < -0.4 is 4.72 Å². The summed E-state index contributed by atoms with van der Waals surface area (Å²) >= 11 is 0. The molecule has 0 heterocycles. The predicted octanol–water partition coefficient (Wildman–Crippen LogP) is -0.279. The first kappa shape index (κ1) is 15.3. The Bertz CT molecular complexity index is 313. The summed E-state index contributed by atoms with van der Waals surface area (Å²) in [6.45, 7) is 2.38. The standard InChI is InChI=1S/C9H20N2O4S/c1-8(7-11(2)3)10-16(14,15)6-4-5-9(12)13/h8,10H,4-7H2,1-3H3,(H,12,13). The third-order valence-corrected chi connectivity index (χ3v) is 3.41. The van der Waals surface area contributed by atoms with Crippen molar-refractivity contribution in [1.82, 2.24) is 9.62 Å². The van der Waals surface area contributed by atoms with E-state index in [1.165, 1.54) is 0 Å². The first-order valence-corrected chi connectivity index (χ1v) is 6.74. The summed E-state index contributed by atoms with van der Waals surface area (Å²) in [4.78, 5) is 12.1. The fourth-order valence-electron chi connectivity index (χ4n) is 1.36. The molecule has 96 valence electrons. The number of nitrogens with one attached hydrogen (secondary N) is 1. The molecule has 1 atom stereocenters. The Labute approximate surface area is 96.7 Å². The molecule has 0 rings (SSSR count). The number of carboxylic acid groups (broad SMARTS) is 1. The molecular formula is C9H20N2O4S. The van der Waals surface area contributed by atoms with Gasteiger partial charge in [-0.3, -0.25) is 4.79 Å². The summed E-state index contributed by atoms with van der Waals surface area (Å²) < 4.78 is 25.5. The van der Waals surface area contributed by atoms with Gasteiger partial charge in [-0.25, -0.2) is 13.1 Å². The van der Waals surface area contributed by atoms with Crippen LogP contribution in [0.5, 0.6) is 0 Å². The van der Waals surface area contributed by atoms with Gasteiger partial charge in [-0.05, 0) is 27.4 Å². The van der Waals surface area contributed by atoms with Crippen molar-refractivity contribution < 1.29 is 18.3 Å². The first-order valence-electron chi connectivity index (χ1n) is 5.09. The monoisotopic (exact) mass is 252 g/mol. The van der Waals surface area contributed by atoms with E-state index >= 15 is 0 Å². The highest BCUT2D eigenvalue weighted by Crippen LogP contribution is 1.97. The van der Waals surface area contributed by atoms with Crippen LogP contribution in [0, 0.1) is 0 Å². The van der Waals surface area contributed by atoms with Crippen molar-refractivity contribution in [3.63, 3.8) is 0 Å². The lowest BCUT2D eigenvalue weighted by atomic mass is 10.3. The molecule has 0 spiro atoms. The highest BCUT2D eigenvalue weighted by molar-refractivity contribution is 7.89. The fourth-order valence-corrected chi connectivity index (χ4v) is 2.69. The first-order chi connectivity index (χ1) is 7.23. The minimum Gasteiger partial charge on any atom is -0.481 e. The molecule has 0 saturated heterocycles. The van der Waals surface area contributed by atoms with Gasteiger partial charge in [-0.1, -0.05) is 0 Å². The van der Waals surface area contributed by atoms with Crippen molar-refractivity contribution in [3.8, 4) is 0 Å². The molecule has 0 aliphatic heterocycles. The molecule has 0 radical (unpaired) electrons. The van der Waals surface area contributed by atoms with Crippen LogP contribution >= 0.6 is 0 Å². The number of hydrogen-bond acceptors (Lipinski definition) is 4. The van der Waals surface area contributed by atoms with Gasteiger partial charge in [0.25, 0.3) is 0 Å². The van der Waals surface area contributed by atoms with Gasteiger partial charge in [0.05, 0.1) is 5.75 Å².